The SMILES string of the molecule is CC(C)CN(C)S(=O)(=O)CC1CCNCC1. The van der Waals surface area contributed by atoms with Crippen LogP contribution in [0.15, 0.2) is 0 Å². The van der Waals surface area contributed by atoms with E-state index in [4.69, 9.17) is 0 Å². The van der Waals surface area contributed by atoms with Crippen molar-refractivity contribution in [2.45, 2.75) is 26.7 Å². The summed E-state index contributed by atoms with van der Waals surface area (Å²) in [7, 11) is -1.36. The molecular formula is C11H24N2O2S. The molecule has 0 saturated carbocycles. The van der Waals surface area contributed by atoms with Crippen molar-refractivity contribution in [1.82, 2.24) is 9.62 Å². The average Bonchev–Trinajstić information content (AvgIpc) is 2.17. The second-order valence-corrected chi connectivity index (χ2v) is 7.27. The molecule has 0 radical (unpaired) electrons. The number of hydrogen-bond acceptors (Lipinski definition) is 3. The molecule has 0 aliphatic carbocycles. The second-order valence-electron chi connectivity index (χ2n) is 5.15. The molecule has 0 aromatic carbocycles. The number of piperidine rings is 1. The van der Waals surface area contributed by atoms with Gasteiger partial charge in [-0.25, -0.2) is 12.7 Å². The minimum atomic E-state index is -3.05. The van der Waals surface area contributed by atoms with E-state index in [1.165, 1.54) is 4.31 Å². The molecule has 1 rings (SSSR count). The zero-order chi connectivity index (χ0) is 12.2. The lowest BCUT2D eigenvalue weighted by atomic mass is 10.0. The van der Waals surface area contributed by atoms with E-state index in [-0.39, 0.29) is 0 Å². The summed E-state index contributed by atoms with van der Waals surface area (Å²) >= 11 is 0. The molecule has 0 unspecified atom stereocenters. The van der Waals surface area contributed by atoms with E-state index in [1.807, 2.05) is 13.8 Å². The fraction of sp³-hybridized carbons (Fsp3) is 1.00. The molecule has 0 aromatic heterocycles. The van der Waals surface area contributed by atoms with Gasteiger partial charge in [-0.1, -0.05) is 13.8 Å². The second kappa shape index (κ2) is 5.98. The van der Waals surface area contributed by atoms with Crippen LogP contribution >= 0.6 is 0 Å². The van der Waals surface area contributed by atoms with E-state index in [0.717, 1.165) is 25.9 Å². The van der Waals surface area contributed by atoms with Crippen LogP contribution in [0.3, 0.4) is 0 Å². The minimum absolute atomic E-state index is 0.317. The van der Waals surface area contributed by atoms with Crippen LogP contribution in [0, 0.1) is 11.8 Å². The Morgan fingerprint density at radius 2 is 1.88 bits per heavy atom. The molecule has 1 aliphatic rings. The first kappa shape index (κ1) is 13.9. The first-order chi connectivity index (χ1) is 7.42. The lowest BCUT2D eigenvalue weighted by molar-refractivity contribution is 0.379. The quantitative estimate of drug-likeness (QED) is 0.786. The Labute approximate surface area is 99.5 Å². The number of nitrogens with one attached hydrogen (secondary N) is 1. The van der Waals surface area contributed by atoms with Gasteiger partial charge in [-0.15, -0.1) is 0 Å². The number of rotatable bonds is 5. The average molecular weight is 248 g/mol. The first-order valence-electron chi connectivity index (χ1n) is 6.06. The third-order valence-corrected chi connectivity index (χ3v) is 4.99. The topological polar surface area (TPSA) is 49.4 Å². The first-order valence-corrected chi connectivity index (χ1v) is 7.67. The zero-order valence-electron chi connectivity index (χ0n) is 10.6. The van der Waals surface area contributed by atoms with E-state index in [0.29, 0.717) is 24.1 Å². The van der Waals surface area contributed by atoms with Gasteiger partial charge in [-0.05, 0) is 37.8 Å². The van der Waals surface area contributed by atoms with E-state index in [1.54, 1.807) is 7.05 Å². The Morgan fingerprint density at radius 1 is 1.31 bits per heavy atom. The van der Waals surface area contributed by atoms with Crippen molar-refractivity contribution < 1.29 is 8.42 Å². The lowest BCUT2D eigenvalue weighted by Gasteiger charge is -2.26. The predicted molar refractivity (Wildman–Crippen MR) is 66.8 cm³/mol. The van der Waals surface area contributed by atoms with Crippen LogP contribution in [-0.2, 0) is 10.0 Å². The van der Waals surface area contributed by atoms with Crippen molar-refractivity contribution in [3.63, 3.8) is 0 Å². The Kier molecular flexibility index (Phi) is 5.21. The van der Waals surface area contributed by atoms with Crippen LogP contribution in [0.25, 0.3) is 0 Å². The molecule has 5 heteroatoms. The lowest BCUT2D eigenvalue weighted by Crippen LogP contribution is -2.37. The molecule has 16 heavy (non-hydrogen) atoms. The number of sulfonamides is 1. The molecule has 0 spiro atoms. The van der Waals surface area contributed by atoms with Crippen molar-refractivity contribution in [2.75, 3.05) is 32.4 Å². The standard InChI is InChI=1S/C11H24N2O2S/c1-10(2)8-13(3)16(14,15)9-11-4-6-12-7-5-11/h10-12H,4-9H2,1-3H3. The number of nitrogens with zero attached hydrogens (tertiary/aromatic N) is 1. The molecule has 1 aliphatic heterocycles. The fourth-order valence-electron chi connectivity index (χ4n) is 2.10. The van der Waals surface area contributed by atoms with Crippen LogP contribution in [0.4, 0.5) is 0 Å². The van der Waals surface area contributed by atoms with Gasteiger partial charge in [-0.2, -0.15) is 0 Å². The van der Waals surface area contributed by atoms with E-state index in [9.17, 15) is 8.42 Å². The van der Waals surface area contributed by atoms with Crippen molar-refractivity contribution in [3.8, 4) is 0 Å². The van der Waals surface area contributed by atoms with Gasteiger partial charge < -0.3 is 5.32 Å². The molecule has 1 N–H and O–H groups in total. The summed E-state index contributed by atoms with van der Waals surface area (Å²) in [5.74, 6) is 1.03. The molecule has 1 heterocycles. The smallest absolute Gasteiger partial charge is 0.214 e. The van der Waals surface area contributed by atoms with Gasteiger partial charge in [-0.3, -0.25) is 0 Å². The van der Waals surface area contributed by atoms with Crippen molar-refractivity contribution >= 4 is 10.0 Å². The van der Waals surface area contributed by atoms with E-state index >= 15 is 0 Å². The molecular weight excluding hydrogens is 224 g/mol. The van der Waals surface area contributed by atoms with E-state index < -0.39 is 10.0 Å². The molecule has 1 fully saturated rings. The van der Waals surface area contributed by atoms with Crippen molar-refractivity contribution in [3.05, 3.63) is 0 Å². The molecule has 96 valence electrons. The van der Waals surface area contributed by atoms with Crippen LogP contribution in [0.5, 0.6) is 0 Å². The van der Waals surface area contributed by atoms with Gasteiger partial charge >= 0.3 is 0 Å². The highest BCUT2D eigenvalue weighted by Gasteiger charge is 2.24. The fourth-order valence-corrected chi connectivity index (χ4v) is 3.81. The zero-order valence-corrected chi connectivity index (χ0v) is 11.4. The molecule has 0 atom stereocenters. The summed E-state index contributed by atoms with van der Waals surface area (Å²) in [5, 5.41) is 3.25. The third-order valence-electron chi connectivity index (χ3n) is 3.00. The summed E-state index contributed by atoms with van der Waals surface area (Å²) in [6.07, 6.45) is 1.96. The van der Waals surface area contributed by atoms with Gasteiger partial charge in [0.1, 0.15) is 0 Å². The van der Waals surface area contributed by atoms with Crippen molar-refractivity contribution in [1.29, 1.82) is 0 Å². The van der Waals surface area contributed by atoms with Crippen LogP contribution in [-0.4, -0.2) is 45.2 Å². The van der Waals surface area contributed by atoms with Gasteiger partial charge in [0.2, 0.25) is 10.0 Å². The Balaban J connectivity index is 2.49. The highest BCUT2D eigenvalue weighted by atomic mass is 32.2. The minimum Gasteiger partial charge on any atom is -0.317 e. The summed E-state index contributed by atoms with van der Waals surface area (Å²) in [6.45, 7) is 6.60. The molecule has 0 bridgehead atoms. The summed E-state index contributed by atoms with van der Waals surface area (Å²) in [6, 6.07) is 0. The Morgan fingerprint density at radius 3 is 2.38 bits per heavy atom. The maximum absolute atomic E-state index is 12.0. The maximum atomic E-state index is 12.0. The Hall–Kier alpha value is -0.130. The van der Waals surface area contributed by atoms with Gasteiger partial charge in [0.15, 0.2) is 0 Å². The summed E-state index contributed by atoms with van der Waals surface area (Å²) in [4.78, 5) is 0. The maximum Gasteiger partial charge on any atom is 0.214 e. The summed E-state index contributed by atoms with van der Waals surface area (Å²) < 4.78 is 25.6. The predicted octanol–water partition coefficient (Wildman–Crippen LogP) is 0.904. The Bertz CT molecular complexity index is 295. The van der Waals surface area contributed by atoms with E-state index in [2.05, 4.69) is 5.32 Å². The molecule has 0 amide bonds. The molecule has 0 aromatic rings. The molecule has 4 nitrogen and oxygen atoms in total. The third kappa shape index (κ3) is 4.39. The largest absolute Gasteiger partial charge is 0.317 e. The molecule has 1 saturated heterocycles. The van der Waals surface area contributed by atoms with Crippen LogP contribution in [0.1, 0.15) is 26.7 Å². The number of hydrogen-bond donors (Lipinski definition) is 1. The highest BCUT2D eigenvalue weighted by Crippen LogP contribution is 2.16. The van der Waals surface area contributed by atoms with Crippen LogP contribution < -0.4 is 5.32 Å². The van der Waals surface area contributed by atoms with Crippen molar-refractivity contribution in [2.24, 2.45) is 11.8 Å². The van der Waals surface area contributed by atoms with Gasteiger partial charge in [0, 0.05) is 13.6 Å². The van der Waals surface area contributed by atoms with Crippen LogP contribution in [0.2, 0.25) is 0 Å². The monoisotopic (exact) mass is 248 g/mol. The summed E-state index contributed by atoms with van der Waals surface area (Å²) in [5.41, 5.74) is 0. The van der Waals surface area contributed by atoms with Gasteiger partial charge in [0.25, 0.3) is 0 Å². The highest BCUT2D eigenvalue weighted by molar-refractivity contribution is 7.89. The van der Waals surface area contributed by atoms with Gasteiger partial charge in [0.05, 0.1) is 5.75 Å². The normalized spacial score (nSPS) is 19.6.